The van der Waals surface area contributed by atoms with Crippen molar-refractivity contribution in [3.05, 3.63) is 24.3 Å². The number of hydrogen-bond acceptors (Lipinski definition) is 5. The van der Waals surface area contributed by atoms with Gasteiger partial charge in [0.2, 0.25) is 5.82 Å². The van der Waals surface area contributed by atoms with E-state index in [0.29, 0.717) is 11.9 Å². The van der Waals surface area contributed by atoms with Crippen LogP contribution >= 0.6 is 0 Å². The summed E-state index contributed by atoms with van der Waals surface area (Å²) in [6.45, 7) is 3.65. The molecule has 1 aromatic heterocycles. The lowest BCUT2D eigenvalue weighted by molar-refractivity contribution is 0.00880. The summed E-state index contributed by atoms with van der Waals surface area (Å²) in [5.41, 5.74) is 0.264. The van der Waals surface area contributed by atoms with Gasteiger partial charge in [-0.3, -0.25) is 9.69 Å². The van der Waals surface area contributed by atoms with Crippen molar-refractivity contribution in [2.75, 3.05) is 33.4 Å². The summed E-state index contributed by atoms with van der Waals surface area (Å²) in [5.74, 6) is 1.17. The van der Waals surface area contributed by atoms with Crippen molar-refractivity contribution in [1.29, 1.82) is 0 Å². The van der Waals surface area contributed by atoms with Gasteiger partial charge in [0.05, 0.1) is 6.61 Å². The summed E-state index contributed by atoms with van der Waals surface area (Å²) >= 11 is 0. The highest BCUT2D eigenvalue weighted by Crippen LogP contribution is 2.44. The van der Waals surface area contributed by atoms with Crippen molar-refractivity contribution in [2.45, 2.75) is 50.1 Å². The van der Waals surface area contributed by atoms with Crippen molar-refractivity contribution < 1.29 is 9.53 Å². The van der Waals surface area contributed by atoms with Gasteiger partial charge in [-0.2, -0.15) is 0 Å². The standard InChI is InChI=1S/C19H28N4O2/c1-25-14-16-5-6-19(23(16)13-15-3-4-15)7-11-22(12-8-19)18(24)17-20-9-2-10-21-17/h2,9-10,15-16H,3-8,11-14H2,1H3. The van der Waals surface area contributed by atoms with E-state index in [4.69, 9.17) is 4.74 Å². The smallest absolute Gasteiger partial charge is 0.291 e. The zero-order valence-corrected chi connectivity index (χ0v) is 15.1. The van der Waals surface area contributed by atoms with Crippen molar-refractivity contribution in [2.24, 2.45) is 5.92 Å². The molecule has 1 atom stereocenters. The van der Waals surface area contributed by atoms with Gasteiger partial charge < -0.3 is 9.64 Å². The Kier molecular flexibility index (Phi) is 4.73. The van der Waals surface area contributed by atoms with Crippen molar-refractivity contribution >= 4 is 5.91 Å². The number of rotatable bonds is 5. The quantitative estimate of drug-likeness (QED) is 0.817. The summed E-state index contributed by atoms with van der Waals surface area (Å²) in [5, 5.41) is 0. The molecule has 0 bridgehead atoms. The third-order valence-electron chi connectivity index (χ3n) is 6.24. The molecule has 1 saturated carbocycles. The maximum absolute atomic E-state index is 12.6. The Bertz CT molecular complexity index is 597. The Morgan fingerprint density at radius 2 is 1.92 bits per heavy atom. The molecule has 3 aliphatic rings. The van der Waals surface area contributed by atoms with Crippen LogP contribution in [0.3, 0.4) is 0 Å². The zero-order valence-electron chi connectivity index (χ0n) is 15.1. The fourth-order valence-corrected chi connectivity index (χ4v) is 4.62. The monoisotopic (exact) mass is 344 g/mol. The lowest BCUT2D eigenvalue weighted by Crippen LogP contribution is -2.56. The molecule has 6 heteroatoms. The van der Waals surface area contributed by atoms with Crippen LogP contribution in [0, 0.1) is 5.92 Å². The summed E-state index contributed by atoms with van der Waals surface area (Å²) in [6.07, 6.45) is 10.6. The van der Waals surface area contributed by atoms with E-state index in [-0.39, 0.29) is 11.4 Å². The van der Waals surface area contributed by atoms with Crippen molar-refractivity contribution in [3.8, 4) is 0 Å². The molecular weight excluding hydrogens is 316 g/mol. The molecule has 1 amide bonds. The molecule has 0 N–H and O–H groups in total. The van der Waals surface area contributed by atoms with Gasteiger partial charge in [-0.05, 0) is 50.5 Å². The largest absolute Gasteiger partial charge is 0.383 e. The predicted molar refractivity (Wildman–Crippen MR) is 94.2 cm³/mol. The molecule has 1 spiro atoms. The fourth-order valence-electron chi connectivity index (χ4n) is 4.62. The number of ether oxygens (including phenoxy) is 1. The van der Waals surface area contributed by atoms with E-state index < -0.39 is 0 Å². The molecule has 0 aromatic carbocycles. The summed E-state index contributed by atoms with van der Waals surface area (Å²) in [6, 6.07) is 2.29. The van der Waals surface area contributed by atoms with E-state index in [1.165, 1.54) is 32.2 Å². The number of hydrogen-bond donors (Lipinski definition) is 0. The number of carbonyl (C=O) groups is 1. The number of methoxy groups -OCH3 is 1. The maximum atomic E-state index is 12.6. The number of amides is 1. The first-order valence-electron chi connectivity index (χ1n) is 9.54. The van der Waals surface area contributed by atoms with E-state index in [1.54, 1.807) is 25.6 Å². The van der Waals surface area contributed by atoms with Crippen LogP contribution in [-0.2, 0) is 4.74 Å². The summed E-state index contributed by atoms with van der Waals surface area (Å²) in [4.78, 5) is 25.5. The third kappa shape index (κ3) is 3.42. The van der Waals surface area contributed by atoms with Gasteiger partial charge in [0, 0.05) is 50.7 Å². The number of aromatic nitrogens is 2. The first-order valence-corrected chi connectivity index (χ1v) is 9.54. The average Bonchev–Trinajstić information content (AvgIpc) is 3.43. The molecule has 1 aromatic rings. The van der Waals surface area contributed by atoms with Crippen LogP contribution in [0.15, 0.2) is 18.5 Å². The number of carbonyl (C=O) groups excluding carboxylic acids is 1. The lowest BCUT2D eigenvalue weighted by Gasteiger charge is -2.46. The predicted octanol–water partition coefficient (Wildman–Crippen LogP) is 1.97. The molecule has 136 valence electrons. The summed E-state index contributed by atoms with van der Waals surface area (Å²) in [7, 11) is 1.81. The second-order valence-corrected chi connectivity index (χ2v) is 7.83. The Hall–Kier alpha value is -1.53. The molecule has 2 saturated heterocycles. The van der Waals surface area contributed by atoms with E-state index in [1.807, 2.05) is 4.90 Å². The Balaban J connectivity index is 1.43. The van der Waals surface area contributed by atoms with Gasteiger partial charge in [0.15, 0.2) is 0 Å². The van der Waals surface area contributed by atoms with Gasteiger partial charge in [-0.25, -0.2) is 9.97 Å². The first kappa shape index (κ1) is 16.9. The molecule has 6 nitrogen and oxygen atoms in total. The minimum Gasteiger partial charge on any atom is -0.383 e. The van der Waals surface area contributed by atoms with Crippen LogP contribution in [-0.4, -0.2) is 70.6 Å². The zero-order chi connectivity index (χ0) is 17.3. The Morgan fingerprint density at radius 1 is 1.20 bits per heavy atom. The van der Waals surface area contributed by atoms with E-state index in [2.05, 4.69) is 14.9 Å². The van der Waals surface area contributed by atoms with Gasteiger partial charge in [-0.1, -0.05) is 0 Å². The van der Waals surface area contributed by atoms with Crippen LogP contribution in [0.4, 0.5) is 0 Å². The van der Waals surface area contributed by atoms with Crippen LogP contribution in [0.25, 0.3) is 0 Å². The fraction of sp³-hybridized carbons (Fsp3) is 0.737. The molecule has 0 radical (unpaired) electrons. The topological polar surface area (TPSA) is 58.6 Å². The van der Waals surface area contributed by atoms with Crippen LogP contribution in [0.1, 0.15) is 49.1 Å². The molecular formula is C19H28N4O2. The molecule has 3 fully saturated rings. The first-order chi connectivity index (χ1) is 12.2. The van der Waals surface area contributed by atoms with Crippen molar-refractivity contribution in [1.82, 2.24) is 19.8 Å². The Labute approximate surface area is 149 Å². The van der Waals surface area contributed by atoms with Gasteiger partial charge >= 0.3 is 0 Å². The third-order valence-corrected chi connectivity index (χ3v) is 6.24. The number of likely N-dealkylation sites (tertiary alicyclic amines) is 2. The number of nitrogens with zero attached hydrogens (tertiary/aromatic N) is 4. The van der Waals surface area contributed by atoms with Gasteiger partial charge in [0.25, 0.3) is 5.91 Å². The SMILES string of the molecule is COCC1CCC2(CCN(C(=O)c3ncccn3)CC2)N1CC1CC1. The van der Waals surface area contributed by atoms with Crippen LogP contribution in [0.5, 0.6) is 0 Å². The van der Waals surface area contributed by atoms with Crippen LogP contribution in [0.2, 0.25) is 0 Å². The molecule has 1 unspecified atom stereocenters. The second-order valence-electron chi connectivity index (χ2n) is 7.83. The lowest BCUT2D eigenvalue weighted by atomic mass is 9.84. The molecule has 3 heterocycles. The van der Waals surface area contributed by atoms with Gasteiger partial charge in [-0.15, -0.1) is 0 Å². The van der Waals surface area contributed by atoms with Crippen molar-refractivity contribution in [3.63, 3.8) is 0 Å². The molecule has 25 heavy (non-hydrogen) atoms. The minimum atomic E-state index is -0.0318. The van der Waals surface area contributed by atoms with Gasteiger partial charge in [0.1, 0.15) is 0 Å². The van der Waals surface area contributed by atoms with Crippen LogP contribution < -0.4 is 0 Å². The average molecular weight is 344 g/mol. The molecule has 2 aliphatic heterocycles. The van der Waals surface area contributed by atoms with E-state index in [0.717, 1.165) is 38.5 Å². The highest BCUT2D eigenvalue weighted by molar-refractivity contribution is 5.90. The molecule has 1 aliphatic carbocycles. The summed E-state index contributed by atoms with van der Waals surface area (Å²) < 4.78 is 5.49. The highest BCUT2D eigenvalue weighted by Gasteiger charge is 2.49. The second kappa shape index (κ2) is 7.00. The van der Waals surface area contributed by atoms with E-state index in [9.17, 15) is 4.79 Å². The molecule has 4 rings (SSSR count). The Morgan fingerprint density at radius 3 is 2.56 bits per heavy atom. The minimum absolute atomic E-state index is 0.0318. The number of piperidine rings is 1. The van der Waals surface area contributed by atoms with E-state index >= 15 is 0 Å². The maximum Gasteiger partial charge on any atom is 0.291 e. The normalized spacial score (nSPS) is 26.3. The highest BCUT2D eigenvalue weighted by atomic mass is 16.5.